The van der Waals surface area contributed by atoms with Crippen molar-refractivity contribution in [3.05, 3.63) is 101 Å². The van der Waals surface area contributed by atoms with Crippen molar-refractivity contribution in [2.75, 3.05) is 6.54 Å². The molecule has 5 rings (SSSR count). The van der Waals surface area contributed by atoms with Gasteiger partial charge < -0.3 is 14.6 Å². The number of imidazole rings is 1. The highest BCUT2D eigenvalue weighted by molar-refractivity contribution is 5.97. The minimum absolute atomic E-state index is 0.162. The molecule has 0 saturated heterocycles. The largest absolute Gasteiger partial charge is 0.454 e. The summed E-state index contributed by atoms with van der Waals surface area (Å²) in [4.78, 5) is 29.8. The van der Waals surface area contributed by atoms with Gasteiger partial charge >= 0.3 is 5.97 Å². The van der Waals surface area contributed by atoms with E-state index in [0.717, 1.165) is 28.0 Å². The minimum atomic E-state index is -0.352. The highest BCUT2D eigenvalue weighted by atomic mass is 16.5. The molecule has 1 aliphatic rings. The van der Waals surface area contributed by atoms with E-state index in [0.29, 0.717) is 30.6 Å². The lowest BCUT2D eigenvalue weighted by Crippen LogP contribution is -2.28. The van der Waals surface area contributed by atoms with Crippen LogP contribution in [0.15, 0.2) is 72.8 Å². The third kappa shape index (κ3) is 3.75. The van der Waals surface area contributed by atoms with Gasteiger partial charge in [0.25, 0.3) is 5.91 Å². The van der Waals surface area contributed by atoms with Gasteiger partial charge in [0.05, 0.1) is 16.6 Å². The Hall–Kier alpha value is -3.93. The van der Waals surface area contributed by atoms with Crippen molar-refractivity contribution < 1.29 is 14.3 Å². The lowest BCUT2D eigenvalue weighted by molar-refractivity contribution is 0.0252. The van der Waals surface area contributed by atoms with E-state index < -0.39 is 0 Å². The van der Waals surface area contributed by atoms with Crippen LogP contribution in [0.4, 0.5) is 0 Å². The maximum absolute atomic E-state index is 12.8. The Kier molecular flexibility index (Phi) is 5.19. The zero-order chi connectivity index (χ0) is 22.1. The molecule has 6 nitrogen and oxygen atoms in total. The van der Waals surface area contributed by atoms with Crippen LogP contribution >= 0.6 is 0 Å². The normalized spacial score (nSPS) is 15.3. The van der Waals surface area contributed by atoms with Crippen LogP contribution in [-0.4, -0.2) is 28.0 Å². The summed E-state index contributed by atoms with van der Waals surface area (Å²) >= 11 is 0. The van der Waals surface area contributed by atoms with Gasteiger partial charge in [-0.1, -0.05) is 42.5 Å². The number of hydrogen-bond acceptors (Lipinski definition) is 4. The van der Waals surface area contributed by atoms with Gasteiger partial charge in [0, 0.05) is 25.1 Å². The number of carbonyl (C=O) groups is 2. The van der Waals surface area contributed by atoms with Crippen LogP contribution in [0.25, 0.3) is 11.0 Å². The van der Waals surface area contributed by atoms with Crippen molar-refractivity contribution >= 4 is 22.9 Å². The minimum Gasteiger partial charge on any atom is -0.454 e. The van der Waals surface area contributed by atoms with E-state index in [1.165, 1.54) is 0 Å². The summed E-state index contributed by atoms with van der Waals surface area (Å²) in [6.45, 7) is 3.07. The molecule has 0 aliphatic carbocycles. The molecule has 1 aliphatic heterocycles. The molecule has 0 bridgehead atoms. The predicted molar refractivity (Wildman–Crippen MR) is 122 cm³/mol. The van der Waals surface area contributed by atoms with E-state index in [4.69, 9.17) is 4.74 Å². The van der Waals surface area contributed by atoms with Gasteiger partial charge in [0.2, 0.25) is 0 Å². The second kappa shape index (κ2) is 8.30. The Morgan fingerprint density at radius 1 is 1.09 bits per heavy atom. The number of carbonyl (C=O) groups excluding carboxylic acids is 2. The summed E-state index contributed by atoms with van der Waals surface area (Å²) in [5, 5.41) is 2.99. The Morgan fingerprint density at radius 2 is 1.88 bits per heavy atom. The summed E-state index contributed by atoms with van der Waals surface area (Å²) in [6.07, 6.45) is 0.207. The van der Waals surface area contributed by atoms with Gasteiger partial charge in [-0.3, -0.25) is 4.79 Å². The van der Waals surface area contributed by atoms with Crippen molar-refractivity contribution in [1.82, 2.24) is 14.9 Å². The van der Waals surface area contributed by atoms with E-state index in [1.807, 2.05) is 61.5 Å². The van der Waals surface area contributed by atoms with Crippen LogP contribution in [-0.2, 0) is 17.7 Å². The zero-order valence-electron chi connectivity index (χ0n) is 17.7. The van der Waals surface area contributed by atoms with E-state index >= 15 is 0 Å². The van der Waals surface area contributed by atoms with Gasteiger partial charge in [0.15, 0.2) is 0 Å². The number of benzene rings is 3. The Labute approximate surface area is 185 Å². The first-order valence-electron chi connectivity index (χ1n) is 10.7. The number of aryl methyl sites for hydroxylation is 1. The molecule has 4 aromatic rings. The SMILES string of the molecule is Cc1nc2ccccc2n1CCNC(=O)c1ccc2c(c1)C[C@H](c1ccccc1)OC2=O. The van der Waals surface area contributed by atoms with Crippen molar-refractivity contribution in [3.8, 4) is 0 Å². The monoisotopic (exact) mass is 425 g/mol. The maximum atomic E-state index is 12.8. The maximum Gasteiger partial charge on any atom is 0.339 e. The third-order valence-electron chi connectivity index (χ3n) is 5.88. The molecule has 0 radical (unpaired) electrons. The second-order valence-electron chi connectivity index (χ2n) is 7.94. The Balaban J connectivity index is 1.29. The van der Waals surface area contributed by atoms with Gasteiger partial charge in [-0.15, -0.1) is 0 Å². The Bertz CT molecular complexity index is 1310. The fourth-order valence-corrected chi connectivity index (χ4v) is 4.25. The van der Waals surface area contributed by atoms with Crippen molar-refractivity contribution in [1.29, 1.82) is 0 Å². The first-order chi connectivity index (χ1) is 15.6. The number of amides is 1. The number of cyclic esters (lactones) is 1. The van der Waals surface area contributed by atoms with Crippen LogP contribution in [0, 0.1) is 6.92 Å². The van der Waals surface area contributed by atoms with Gasteiger partial charge in [-0.2, -0.15) is 0 Å². The number of nitrogens with zero attached hydrogens (tertiary/aromatic N) is 2. The smallest absolute Gasteiger partial charge is 0.339 e. The predicted octanol–water partition coefficient (Wildman–Crippen LogP) is 4.23. The Morgan fingerprint density at radius 3 is 2.72 bits per heavy atom. The number of nitrogens with one attached hydrogen (secondary N) is 1. The molecular formula is C26H23N3O3. The van der Waals surface area contributed by atoms with Crippen molar-refractivity contribution in [2.24, 2.45) is 0 Å². The van der Waals surface area contributed by atoms with Crippen LogP contribution in [0.2, 0.25) is 0 Å². The molecule has 0 fully saturated rings. The highest BCUT2D eigenvalue weighted by Gasteiger charge is 2.28. The lowest BCUT2D eigenvalue weighted by atomic mass is 9.93. The molecule has 1 atom stereocenters. The summed E-state index contributed by atoms with van der Waals surface area (Å²) in [7, 11) is 0. The molecule has 1 amide bonds. The number of ether oxygens (including phenoxy) is 1. The number of para-hydroxylation sites is 2. The van der Waals surface area contributed by atoms with Crippen molar-refractivity contribution in [3.63, 3.8) is 0 Å². The molecule has 0 spiro atoms. The average Bonchev–Trinajstić information content (AvgIpc) is 3.14. The fourth-order valence-electron chi connectivity index (χ4n) is 4.25. The van der Waals surface area contributed by atoms with E-state index in [9.17, 15) is 9.59 Å². The van der Waals surface area contributed by atoms with E-state index in [2.05, 4.69) is 14.9 Å². The highest BCUT2D eigenvalue weighted by Crippen LogP contribution is 2.31. The fraction of sp³-hybridized carbons (Fsp3) is 0.192. The van der Waals surface area contributed by atoms with E-state index in [1.54, 1.807) is 18.2 Å². The number of rotatable bonds is 5. The molecule has 0 unspecified atom stereocenters. The molecule has 1 aromatic heterocycles. The zero-order valence-corrected chi connectivity index (χ0v) is 17.7. The topological polar surface area (TPSA) is 73.2 Å². The summed E-state index contributed by atoms with van der Waals surface area (Å²) in [6, 6.07) is 22.8. The summed E-state index contributed by atoms with van der Waals surface area (Å²) in [5.74, 6) is 0.402. The first kappa shape index (κ1) is 20.0. The number of aromatic nitrogens is 2. The number of hydrogen-bond donors (Lipinski definition) is 1. The van der Waals surface area contributed by atoms with Crippen LogP contribution < -0.4 is 5.32 Å². The van der Waals surface area contributed by atoms with Crippen LogP contribution in [0.5, 0.6) is 0 Å². The molecule has 6 heteroatoms. The lowest BCUT2D eigenvalue weighted by Gasteiger charge is -2.25. The molecule has 0 saturated carbocycles. The molecule has 3 aromatic carbocycles. The van der Waals surface area contributed by atoms with Gasteiger partial charge in [-0.25, -0.2) is 9.78 Å². The van der Waals surface area contributed by atoms with Crippen molar-refractivity contribution in [2.45, 2.75) is 26.0 Å². The summed E-state index contributed by atoms with van der Waals surface area (Å²) in [5.41, 5.74) is 4.85. The van der Waals surface area contributed by atoms with E-state index in [-0.39, 0.29) is 18.0 Å². The number of esters is 1. The molecular weight excluding hydrogens is 402 g/mol. The quantitative estimate of drug-likeness (QED) is 0.486. The van der Waals surface area contributed by atoms with Gasteiger partial charge in [-0.05, 0) is 48.4 Å². The van der Waals surface area contributed by atoms with Crippen LogP contribution in [0.1, 0.15) is 43.8 Å². The first-order valence-corrected chi connectivity index (χ1v) is 10.7. The average molecular weight is 425 g/mol. The third-order valence-corrected chi connectivity index (χ3v) is 5.88. The van der Waals surface area contributed by atoms with Crippen LogP contribution in [0.3, 0.4) is 0 Å². The molecule has 32 heavy (non-hydrogen) atoms. The summed E-state index contributed by atoms with van der Waals surface area (Å²) < 4.78 is 7.70. The molecule has 1 N–H and O–H groups in total. The molecule has 160 valence electrons. The second-order valence-corrected chi connectivity index (χ2v) is 7.94. The number of fused-ring (bicyclic) bond motifs is 2. The van der Waals surface area contributed by atoms with Gasteiger partial charge in [0.1, 0.15) is 11.9 Å². The molecule has 2 heterocycles. The standard InChI is InChI=1S/C26H23N3O3/c1-17-28-22-9-5-6-10-23(22)29(17)14-13-27-25(30)19-11-12-21-20(15-19)16-24(32-26(21)31)18-7-3-2-4-8-18/h2-12,15,24H,13-14,16H2,1H3,(H,27,30)/t24-/m1/s1.